The second-order valence-electron chi connectivity index (χ2n) is 7.52. The van der Waals surface area contributed by atoms with Crippen LogP contribution in [0, 0.1) is 0 Å². The Hall–Kier alpha value is -3.85. The molecule has 10 heteroatoms. The minimum Gasteiger partial charge on any atom is -0.470 e. The van der Waals surface area contributed by atoms with Gasteiger partial charge in [0.15, 0.2) is 5.65 Å². The Bertz CT molecular complexity index is 1460. The van der Waals surface area contributed by atoms with Crippen LogP contribution in [0.25, 0.3) is 39.0 Å². The number of aromatic amines is 1. The molecule has 1 amide bonds. The van der Waals surface area contributed by atoms with Crippen LogP contribution in [0.1, 0.15) is 23.2 Å². The van der Waals surface area contributed by atoms with Gasteiger partial charge in [-0.1, -0.05) is 17.7 Å². The van der Waals surface area contributed by atoms with Gasteiger partial charge in [-0.25, -0.2) is 14.6 Å². The number of fused-ring (bicyclic) bond motifs is 2. The molecule has 0 saturated heterocycles. The van der Waals surface area contributed by atoms with Crippen molar-refractivity contribution in [2.24, 2.45) is 0 Å². The third-order valence-corrected chi connectivity index (χ3v) is 5.78. The second kappa shape index (κ2) is 6.58. The predicted molar refractivity (Wildman–Crippen MR) is 116 cm³/mol. The number of H-pyrrole nitrogens is 1. The van der Waals surface area contributed by atoms with E-state index in [1.54, 1.807) is 35.4 Å². The summed E-state index contributed by atoms with van der Waals surface area (Å²) in [5.41, 5.74) is 9.79. The van der Waals surface area contributed by atoms with Crippen molar-refractivity contribution in [3.8, 4) is 17.1 Å². The van der Waals surface area contributed by atoms with Gasteiger partial charge in [0, 0.05) is 28.6 Å². The van der Waals surface area contributed by atoms with E-state index in [-0.39, 0.29) is 17.8 Å². The number of hydrogen-bond donors (Lipinski definition) is 3. The summed E-state index contributed by atoms with van der Waals surface area (Å²) in [6.07, 6.45) is 6.56. The summed E-state index contributed by atoms with van der Waals surface area (Å²) in [7, 11) is 0. The summed E-state index contributed by atoms with van der Waals surface area (Å²) >= 11 is 6.72. The van der Waals surface area contributed by atoms with Crippen LogP contribution < -0.4 is 11.1 Å². The van der Waals surface area contributed by atoms with E-state index in [1.807, 2.05) is 6.07 Å². The van der Waals surface area contributed by atoms with Gasteiger partial charge in [0.05, 0.1) is 22.4 Å². The molecule has 1 fully saturated rings. The molecule has 154 valence electrons. The average molecular weight is 434 g/mol. The number of hydrogen-bond acceptors (Lipinski definition) is 6. The number of nitrogens with two attached hydrogens (primary N) is 1. The Kier molecular flexibility index (Phi) is 3.81. The lowest BCUT2D eigenvalue weighted by molar-refractivity contribution is 0.0951. The van der Waals surface area contributed by atoms with Crippen LogP contribution in [0.4, 0.5) is 5.82 Å². The number of nitrogens with zero attached hydrogens (tertiary/aromatic N) is 4. The molecule has 0 atom stereocenters. The first-order valence-corrected chi connectivity index (χ1v) is 10.1. The Labute approximate surface area is 180 Å². The lowest BCUT2D eigenvalue weighted by atomic mass is 10.1. The van der Waals surface area contributed by atoms with Gasteiger partial charge in [-0.05, 0) is 25.0 Å². The molecule has 0 radical (unpaired) electrons. The number of rotatable bonds is 4. The van der Waals surface area contributed by atoms with E-state index in [0.717, 1.165) is 23.7 Å². The SMILES string of the molecule is Nc1ncnc2c1c(-c1[nH]c3cc(C(=O)NC4CC4)ccc3c1Cl)nn2-c1ccoc1. The highest BCUT2D eigenvalue weighted by Gasteiger charge is 2.25. The van der Waals surface area contributed by atoms with Gasteiger partial charge in [-0.2, -0.15) is 5.10 Å². The minimum absolute atomic E-state index is 0.0935. The van der Waals surface area contributed by atoms with Crippen LogP contribution in [0.5, 0.6) is 0 Å². The number of benzene rings is 1. The topological polar surface area (TPSA) is 128 Å². The summed E-state index contributed by atoms with van der Waals surface area (Å²) in [6, 6.07) is 7.44. The van der Waals surface area contributed by atoms with E-state index in [9.17, 15) is 4.79 Å². The first-order chi connectivity index (χ1) is 15.1. The number of anilines is 1. The lowest BCUT2D eigenvalue weighted by Gasteiger charge is -2.03. The van der Waals surface area contributed by atoms with Crippen LogP contribution in [0.2, 0.25) is 5.02 Å². The first-order valence-electron chi connectivity index (χ1n) is 9.74. The monoisotopic (exact) mass is 433 g/mol. The summed E-state index contributed by atoms with van der Waals surface area (Å²) in [4.78, 5) is 24.2. The average Bonchev–Trinajstić information content (AvgIpc) is 3.16. The Morgan fingerprint density at radius 2 is 2.16 bits per heavy atom. The van der Waals surface area contributed by atoms with Gasteiger partial charge in [0.2, 0.25) is 0 Å². The van der Waals surface area contributed by atoms with Crippen LogP contribution in [0.3, 0.4) is 0 Å². The van der Waals surface area contributed by atoms with Crippen LogP contribution in [-0.4, -0.2) is 36.7 Å². The zero-order valence-corrected chi connectivity index (χ0v) is 16.8. The van der Waals surface area contributed by atoms with Gasteiger partial charge < -0.3 is 20.5 Å². The third kappa shape index (κ3) is 2.85. The van der Waals surface area contributed by atoms with Crippen molar-refractivity contribution in [1.82, 2.24) is 30.0 Å². The molecule has 31 heavy (non-hydrogen) atoms. The van der Waals surface area contributed by atoms with Crippen molar-refractivity contribution in [1.29, 1.82) is 0 Å². The molecule has 0 spiro atoms. The molecule has 1 aliphatic rings. The molecule has 5 aromatic rings. The Morgan fingerprint density at radius 1 is 1.29 bits per heavy atom. The van der Waals surface area contributed by atoms with E-state index in [0.29, 0.717) is 38.7 Å². The van der Waals surface area contributed by atoms with Crippen molar-refractivity contribution >= 4 is 45.3 Å². The molecule has 4 aromatic heterocycles. The van der Waals surface area contributed by atoms with E-state index in [4.69, 9.17) is 26.9 Å². The number of aromatic nitrogens is 5. The van der Waals surface area contributed by atoms with Gasteiger partial charge in [0.1, 0.15) is 29.8 Å². The number of nitrogen functional groups attached to an aromatic ring is 1. The fraction of sp³-hybridized carbons (Fsp3) is 0.143. The highest BCUT2D eigenvalue weighted by Crippen LogP contribution is 2.39. The summed E-state index contributed by atoms with van der Waals surface area (Å²) in [5, 5.41) is 9.53. The molecule has 1 aromatic carbocycles. The molecular weight excluding hydrogens is 418 g/mol. The maximum atomic E-state index is 12.4. The third-order valence-electron chi connectivity index (χ3n) is 5.39. The number of amides is 1. The zero-order chi connectivity index (χ0) is 21.1. The Morgan fingerprint density at radius 3 is 2.94 bits per heavy atom. The molecular formula is C21H16ClN7O2. The lowest BCUT2D eigenvalue weighted by Crippen LogP contribution is -2.25. The molecule has 1 aliphatic carbocycles. The summed E-state index contributed by atoms with van der Waals surface area (Å²) < 4.78 is 6.82. The largest absolute Gasteiger partial charge is 0.470 e. The fourth-order valence-electron chi connectivity index (χ4n) is 3.67. The number of halogens is 1. The van der Waals surface area contributed by atoms with Crippen LogP contribution in [0.15, 0.2) is 47.5 Å². The molecule has 1 saturated carbocycles. The first kappa shape index (κ1) is 18.0. The summed E-state index contributed by atoms with van der Waals surface area (Å²) in [6.45, 7) is 0. The van der Waals surface area contributed by atoms with Crippen molar-refractivity contribution in [2.45, 2.75) is 18.9 Å². The molecule has 9 nitrogen and oxygen atoms in total. The highest BCUT2D eigenvalue weighted by molar-refractivity contribution is 6.38. The maximum Gasteiger partial charge on any atom is 0.251 e. The maximum absolute atomic E-state index is 12.4. The van der Waals surface area contributed by atoms with E-state index in [1.165, 1.54) is 6.33 Å². The number of nitrogens with one attached hydrogen (secondary N) is 2. The van der Waals surface area contributed by atoms with Crippen LogP contribution in [-0.2, 0) is 0 Å². The van der Waals surface area contributed by atoms with Crippen molar-refractivity contribution in [2.75, 3.05) is 5.73 Å². The normalized spacial score (nSPS) is 13.8. The molecule has 0 aliphatic heterocycles. The van der Waals surface area contributed by atoms with E-state index in [2.05, 4.69) is 20.3 Å². The highest BCUT2D eigenvalue weighted by atomic mass is 35.5. The minimum atomic E-state index is -0.0935. The Balaban J connectivity index is 1.53. The second-order valence-corrected chi connectivity index (χ2v) is 7.90. The number of furan rings is 1. The summed E-state index contributed by atoms with van der Waals surface area (Å²) in [5.74, 6) is 0.193. The van der Waals surface area contributed by atoms with Crippen molar-refractivity contribution in [3.63, 3.8) is 0 Å². The zero-order valence-electron chi connectivity index (χ0n) is 16.1. The van der Waals surface area contributed by atoms with Gasteiger partial charge in [-0.3, -0.25) is 4.79 Å². The molecule has 0 bridgehead atoms. The molecule has 0 unspecified atom stereocenters. The molecule has 6 rings (SSSR count). The van der Waals surface area contributed by atoms with E-state index >= 15 is 0 Å². The van der Waals surface area contributed by atoms with Gasteiger partial charge in [0.25, 0.3) is 5.91 Å². The number of carbonyl (C=O) groups is 1. The van der Waals surface area contributed by atoms with Crippen molar-refractivity contribution < 1.29 is 9.21 Å². The van der Waals surface area contributed by atoms with Crippen LogP contribution >= 0.6 is 11.6 Å². The van der Waals surface area contributed by atoms with Gasteiger partial charge >= 0.3 is 0 Å². The fourth-order valence-corrected chi connectivity index (χ4v) is 3.97. The smallest absolute Gasteiger partial charge is 0.251 e. The van der Waals surface area contributed by atoms with Gasteiger partial charge in [-0.15, -0.1) is 0 Å². The standard InChI is InChI=1S/C21H16ClN7O2/c22-16-13-4-1-10(21(30)26-11-2-3-11)7-14(13)27-18(16)17-15-19(23)24-9-25-20(15)29(28-17)12-5-6-31-8-12/h1,4-9,11,27H,2-3H2,(H,26,30)(H2,23,24,25). The quantitative estimate of drug-likeness (QED) is 0.396. The molecule has 4 heterocycles. The van der Waals surface area contributed by atoms with Crippen molar-refractivity contribution in [3.05, 3.63) is 53.7 Å². The predicted octanol–water partition coefficient (Wildman–Crippen LogP) is 3.68. The van der Waals surface area contributed by atoms with E-state index < -0.39 is 0 Å². The molecule has 4 N–H and O–H groups in total. The number of carbonyl (C=O) groups excluding carboxylic acids is 1.